The number of nitrogens with zero attached hydrogens (tertiary/aromatic N) is 2. The van der Waals surface area contributed by atoms with Gasteiger partial charge in [0.2, 0.25) is 0 Å². The van der Waals surface area contributed by atoms with Gasteiger partial charge in [-0.2, -0.15) is 0 Å². The molecule has 1 amide bonds. The number of aromatic nitrogens is 1. The van der Waals surface area contributed by atoms with Gasteiger partial charge in [0.1, 0.15) is 11.6 Å². The number of benzene rings is 2. The molecule has 1 aromatic heterocycles. The molecule has 5 heteroatoms. The smallest absolute Gasteiger partial charge is 0.301 e. The quantitative estimate of drug-likeness (QED) is 0.415. The first-order valence-electron chi connectivity index (χ1n) is 9.34. The van der Waals surface area contributed by atoms with Crippen molar-refractivity contribution in [2.75, 3.05) is 4.90 Å². The summed E-state index contributed by atoms with van der Waals surface area (Å²) in [5, 5.41) is 11.0. The van der Waals surface area contributed by atoms with E-state index < -0.39 is 17.7 Å². The van der Waals surface area contributed by atoms with Gasteiger partial charge >= 0.3 is 5.91 Å². The van der Waals surface area contributed by atoms with Crippen LogP contribution in [0.15, 0.2) is 78.4 Å². The fourth-order valence-electron chi connectivity index (χ4n) is 3.55. The molecule has 1 aliphatic rings. The third-order valence-electron chi connectivity index (χ3n) is 5.01. The van der Waals surface area contributed by atoms with Crippen LogP contribution in [0.5, 0.6) is 0 Å². The number of ketones is 1. The molecule has 1 atom stereocenters. The van der Waals surface area contributed by atoms with Gasteiger partial charge in [0.15, 0.2) is 0 Å². The first kappa shape index (κ1) is 18.6. The largest absolute Gasteiger partial charge is 0.507 e. The van der Waals surface area contributed by atoms with Crippen molar-refractivity contribution in [3.05, 3.63) is 101 Å². The first-order valence-corrected chi connectivity index (χ1v) is 9.34. The molecule has 2 heterocycles. The van der Waals surface area contributed by atoms with Crippen molar-refractivity contribution in [3.63, 3.8) is 0 Å². The molecule has 1 N–H and O–H groups in total. The number of carbonyl (C=O) groups excluding carboxylic acids is 2. The number of anilines is 1. The van der Waals surface area contributed by atoms with Crippen molar-refractivity contribution in [3.8, 4) is 0 Å². The highest BCUT2D eigenvalue weighted by Gasteiger charge is 2.47. The molecule has 0 saturated carbocycles. The Balaban J connectivity index is 1.96. The number of aliphatic hydroxyl groups is 1. The minimum atomic E-state index is -0.759. The molecule has 0 spiro atoms. The molecule has 144 valence electrons. The number of hydrogen-bond acceptors (Lipinski definition) is 4. The van der Waals surface area contributed by atoms with E-state index in [1.54, 1.807) is 36.4 Å². The maximum atomic E-state index is 13.0. The van der Waals surface area contributed by atoms with Gasteiger partial charge in [0.05, 0.1) is 11.6 Å². The molecule has 5 nitrogen and oxygen atoms in total. The normalized spacial score (nSPS) is 18.3. The summed E-state index contributed by atoms with van der Waals surface area (Å²) in [7, 11) is 0. The van der Waals surface area contributed by atoms with E-state index in [-0.39, 0.29) is 11.3 Å². The van der Waals surface area contributed by atoms with Crippen molar-refractivity contribution in [1.29, 1.82) is 0 Å². The van der Waals surface area contributed by atoms with Crippen LogP contribution in [0.4, 0.5) is 5.82 Å². The van der Waals surface area contributed by atoms with Crippen molar-refractivity contribution in [2.24, 2.45) is 0 Å². The minimum Gasteiger partial charge on any atom is -0.507 e. The highest BCUT2D eigenvalue weighted by molar-refractivity contribution is 6.51. The van der Waals surface area contributed by atoms with E-state index in [1.165, 1.54) is 4.90 Å². The van der Waals surface area contributed by atoms with Gasteiger partial charge in [-0.25, -0.2) is 4.98 Å². The SMILES string of the molecule is Cc1ccc([C@H]2C(=C(O)c3ccccc3)C(=O)C(=O)N2c2cccc(C)n2)cc1. The van der Waals surface area contributed by atoms with E-state index in [0.717, 1.165) is 16.8 Å². The zero-order valence-corrected chi connectivity index (χ0v) is 16.2. The van der Waals surface area contributed by atoms with E-state index >= 15 is 0 Å². The number of amides is 1. The summed E-state index contributed by atoms with van der Waals surface area (Å²) in [4.78, 5) is 31.8. The van der Waals surface area contributed by atoms with Crippen LogP contribution >= 0.6 is 0 Å². The lowest BCUT2D eigenvalue weighted by Crippen LogP contribution is -2.30. The number of Topliss-reactive ketones (excluding diaryl/α,β-unsaturated/α-hetero) is 1. The number of hydrogen-bond donors (Lipinski definition) is 1. The monoisotopic (exact) mass is 384 g/mol. The molecule has 2 aromatic carbocycles. The van der Waals surface area contributed by atoms with Crippen LogP contribution in [0.1, 0.15) is 28.4 Å². The van der Waals surface area contributed by atoms with Crippen LogP contribution in [-0.4, -0.2) is 21.8 Å². The summed E-state index contributed by atoms with van der Waals surface area (Å²) >= 11 is 0. The van der Waals surface area contributed by atoms with Gasteiger partial charge in [-0.3, -0.25) is 14.5 Å². The van der Waals surface area contributed by atoms with Crippen molar-refractivity contribution < 1.29 is 14.7 Å². The summed E-state index contributed by atoms with van der Waals surface area (Å²) in [5.74, 6) is -1.24. The second-order valence-corrected chi connectivity index (χ2v) is 7.08. The number of aliphatic hydroxyl groups excluding tert-OH is 1. The first-order chi connectivity index (χ1) is 14.0. The summed E-state index contributed by atoms with van der Waals surface area (Å²) < 4.78 is 0. The van der Waals surface area contributed by atoms with E-state index in [1.807, 2.05) is 50.2 Å². The van der Waals surface area contributed by atoms with E-state index in [0.29, 0.717) is 11.4 Å². The number of carbonyl (C=O) groups is 2. The predicted molar refractivity (Wildman–Crippen MR) is 111 cm³/mol. The predicted octanol–water partition coefficient (Wildman–Crippen LogP) is 4.32. The highest BCUT2D eigenvalue weighted by Crippen LogP contribution is 2.41. The van der Waals surface area contributed by atoms with Gasteiger partial charge in [-0.05, 0) is 31.5 Å². The molecule has 29 heavy (non-hydrogen) atoms. The van der Waals surface area contributed by atoms with Crippen LogP contribution in [-0.2, 0) is 9.59 Å². The topological polar surface area (TPSA) is 70.5 Å². The molecule has 1 fully saturated rings. The average Bonchev–Trinajstić information content (AvgIpc) is 2.99. The van der Waals surface area contributed by atoms with Gasteiger partial charge in [0, 0.05) is 11.3 Å². The van der Waals surface area contributed by atoms with Crippen LogP contribution in [0, 0.1) is 13.8 Å². The number of rotatable bonds is 3. The third-order valence-corrected chi connectivity index (χ3v) is 5.01. The van der Waals surface area contributed by atoms with E-state index in [4.69, 9.17) is 0 Å². The summed E-state index contributed by atoms with van der Waals surface area (Å²) in [6.45, 7) is 3.79. The molecule has 0 radical (unpaired) electrons. The van der Waals surface area contributed by atoms with E-state index in [9.17, 15) is 14.7 Å². The van der Waals surface area contributed by atoms with Crippen LogP contribution in [0.2, 0.25) is 0 Å². The van der Waals surface area contributed by atoms with Crippen molar-refractivity contribution in [2.45, 2.75) is 19.9 Å². The fourth-order valence-corrected chi connectivity index (χ4v) is 3.55. The molecular formula is C24H20N2O3. The van der Waals surface area contributed by atoms with Gasteiger partial charge < -0.3 is 5.11 Å². The zero-order valence-electron chi connectivity index (χ0n) is 16.2. The summed E-state index contributed by atoms with van der Waals surface area (Å²) in [6, 6.07) is 20.9. The molecule has 1 aliphatic heterocycles. The Bertz CT molecular complexity index is 1120. The van der Waals surface area contributed by atoms with Crippen molar-refractivity contribution in [1.82, 2.24) is 4.98 Å². The molecule has 3 aromatic rings. The molecule has 4 rings (SSSR count). The maximum absolute atomic E-state index is 13.0. The Morgan fingerprint density at radius 1 is 0.897 bits per heavy atom. The highest BCUT2D eigenvalue weighted by atomic mass is 16.3. The Kier molecular flexibility index (Phi) is 4.72. The Labute approximate surface area is 169 Å². The second kappa shape index (κ2) is 7.36. The zero-order chi connectivity index (χ0) is 20.5. The third kappa shape index (κ3) is 3.31. The fraction of sp³-hybridized carbons (Fsp3) is 0.125. The lowest BCUT2D eigenvalue weighted by Gasteiger charge is -2.24. The maximum Gasteiger partial charge on any atom is 0.301 e. The molecule has 0 unspecified atom stereocenters. The van der Waals surface area contributed by atoms with Gasteiger partial charge in [-0.1, -0.05) is 66.2 Å². The lowest BCUT2D eigenvalue weighted by atomic mass is 9.95. The Hall–Kier alpha value is -3.73. The molecule has 0 bridgehead atoms. The number of aryl methyl sites for hydroxylation is 2. The molecular weight excluding hydrogens is 364 g/mol. The van der Waals surface area contributed by atoms with Crippen molar-refractivity contribution >= 4 is 23.3 Å². The Morgan fingerprint density at radius 2 is 1.59 bits per heavy atom. The lowest BCUT2D eigenvalue weighted by molar-refractivity contribution is -0.132. The van der Waals surface area contributed by atoms with Gasteiger partial charge in [-0.15, -0.1) is 0 Å². The molecule has 0 aliphatic carbocycles. The van der Waals surface area contributed by atoms with Crippen LogP contribution < -0.4 is 4.90 Å². The standard InChI is InChI=1S/C24H20N2O3/c1-15-11-13-17(14-12-15)21-20(22(27)18-8-4-3-5-9-18)23(28)24(29)26(21)19-10-6-7-16(2)25-19/h3-14,21,27H,1-2H3/t21-/m0/s1. The Morgan fingerprint density at radius 3 is 2.24 bits per heavy atom. The van der Waals surface area contributed by atoms with E-state index in [2.05, 4.69) is 4.98 Å². The summed E-state index contributed by atoms with van der Waals surface area (Å²) in [6.07, 6.45) is 0. The minimum absolute atomic E-state index is 0.0633. The van der Waals surface area contributed by atoms with Gasteiger partial charge in [0.25, 0.3) is 5.78 Å². The van der Waals surface area contributed by atoms with Crippen LogP contribution in [0.25, 0.3) is 5.76 Å². The second-order valence-electron chi connectivity index (χ2n) is 7.08. The average molecular weight is 384 g/mol. The molecule has 1 saturated heterocycles. The van der Waals surface area contributed by atoms with Crippen LogP contribution in [0.3, 0.4) is 0 Å². The number of pyridine rings is 1. The summed E-state index contributed by atoms with van der Waals surface area (Å²) in [5.41, 5.74) is 3.07.